The molecule has 15 heavy (non-hydrogen) atoms. The first-order chi connectivity index (χ1) is 7.24. The number of nitriles is 1. The molecular weight excluding hydrogens is 190 g/mol. The van der Waals surface area contributed by atoms with Crippen molar-refractivity contribution in [3.8, 4) is 6.07 Å². The van der Waals surface area contributed by atoms with Gasteiger partial charge in [-0.05, 0) is 19.8 Å². The summed E-state index contributed by atoms with van der Waals surface area (Å²) in [6.07, 6.45) is 2.84. The molecule has 1 heterocycles. The van der Waals surface area contributed by atoms with Crippen LogP contribution >= 0.6 is 0 Å². The van der Waals surface area contributed by atoms with Gasteiger partial charge in [0.15, 0.2) is 0 Å². The first-order valence-corrected chi connectivity index (χ1v) is 5.62. The van der Waals surface area contributed by atoms with E-state index in [0.29, 0.717) is 19.5 Å². The Balaban J connectivity index is 2.04. The average Bonchev–Trinajstić information content (AvgIpc) is 2.77. The molecule has 0 aromatic heterocycles. The molecule has 1 amide bonds. The number of likely N-dealkylation sites (tertiary alicyclic amines) is 1. The highest BCUT2D eigenvalue weighted by Gasteiger charge is 2.16. The molecule has 1 aliphatic rings. The summed E-state index contributed by atoms with van der Waals surface area (Å²) in [6, 6.07) is 2.15. The third-order valence-corrected chi connectivity index (χ3v) is 2.65. The van der Waals surface area contributed by atoms with Gasteiger partial charge in [0.05, 0.1) is 12.0 Å². The molecule has 0 aromatic carbocycles. The third kappa shape index (κ3) is 4.30. The molecule has 1 aliphatic heterocycles. The lowest BCUT2D eigenvalue weighted by atomic mass is 10.2. The lowest BCUT2D eigenvalue weighted by Gasteiger charge is -2.15. The maximum absolute atomic E-state index is 11.6. The molecule has 0 saturated carbocycles. The van der Waals surface area contributed by atoms with Crippen LogP contribution in [0.4, 0.5) is 0 Å². The Morgan fingerprint density at radius 2 is 2.20 bits per heavy atom. The van der Waals surface area contributed by atoms with Crippen LogP contribution in [-0.4, -0.2) is 37.0 Å². The van der Waals surface area contributed by atoms with Crippen LogP contribution in [0.1, 0.15) is 26.2 Å². The normalized spacial score (nSPS) is 17.5. The predicted molar refractivity (Wildman–Crippen MR) is 58.1 cm³/mol. The van der Waals surface area contributed by atoms with Crippen LogP contribution in [0.3, 0.4) is 0 Å². The van der Waals surface area contributed by atoms with Crippen molar-refractivity contribution in [2.75, 3.05) is 26.2 Å². The largest absolute Gasteiger partial charge is 0.343 e. The van der Waals surface area contributed by atoms with E-state index < -0.39 is 0 Å². The van der Waals surface area contributed by atoms with Gasteiger partial charge in [0.1, 0.15) is 0 Å². The van der Waals surface area contributed by atoms with Crippen molar-refractivity contribution < 1.29 is 4.79 Å². The zero-order chi connectivity index (χ0) is 11.1. The van der Waals surface area contributed by atoms with E-state index in [4.69, 9.17) is 5.26 Å². The van der Waals surface area contributed by atoms with Crippen molar-refractivity contribution in [1.29, 1.82) is 5.26 Å². The summed E-state index contributed by atoms with van der Waals surface area (Å²) in [5, 5.41) is 11.7. The van der Waals surface area contributed by atoms with E-state index >= 15 is 0 Å². The van der Waals surface area contributed by atoms with Crippen LogP contribution in [0.15, 0.2) is 0 Å². The molecule has 1 fully saturated rings. The molecule has 1 N–H and O–H groups in total. The van der Waals surface area contributed by atoms with Crippen molar-refractivity contribution in [3.63, 3.8) is 0 Å². The highest BCUT2D eigenvalue weighted by Crippen LogP contribution is 2.08. The Morgan fingerprint density at radius 3 is 2.80 bits per heavy atom. The molecule has 1 saturated heterocycles. The first kappa shape index (κ1) is 12.0. The minimum atomic E-state index is 0.0203. The van der Waals surface area contributed by atoms with Crippen LogP contribution in [0, 0.1) is 17.2 Å². The van der Waals surface area contributed by atoms with Crippen molar-refractivity contribution >= 4 is 5.91 Å². The number of hydrogen-bond acceptors (Lipinski definition) is 3. The van der Waals surface area contributed by atoms with Gasteiger partial charge in [-0.3, -0.25) is 4.79 Å². The van der Waals surface area contributed by atoms with Gasteiger partial charge in [-0.25, -0.2) is 0 Å². The van der Waals surface area contributed by atoms with Gasteiger partial charge in [-0.2, -0.15) is 5.26 Å². The van der Waals surface area contributed by atoms with Gasteiger partial charge in [-0.15, -0.1) is 0 Å². The first-order valence-electron chi connectivity index (χ1n) is 5.62. The molecule has 0 radical (unpaired) electrons. The standard InChI is InChI=1S/C11H19N3O/c1-10(8-12)9-13-5-4-11(15)14-6-2-3-7-14/h10,13H,2-7,9H2,1H3. The van der Waals surface area contributed by atoms with Gasteiger partial charge >= 0.3 is 0 Å². The summed E-state index contributed by atoms with van der Waals surface area (Å²) >= 11 is 0. The quantitative estimate of drug-likeness (QED) is 0.680. The molecule has 1 unspecified atom stereocenters. The highest BCUT2D eigenvalue weighted by atomic mass is 16.2. The van der Waals surface area contributed by atoms with Gasteiger partial charge in [-0.1, -0.05) is 0 Å². The van der Waals surface area contributed by atoms with Gasteiger partial charge in [0.2, 0.25) is 5.91 Å². The lowest BCUT2D eigenvalue weighted by molar-refractivity contribution is -0.130. The summed E-state index contributed by atoms with van der Waals surface area (Å²) in [5.74, 6) is 0.261. The smallest absolute Gasteiger partial charge is 0.223 e. The van der Waals surface area contributed by atoms with Gasteiger partial charge in [0.25, 0.3) is 0 Å². The molecule has 4 nitrogen and oxygen atoms in total. The number of rotatable bonds is 5. The van der Waals surface area contributed by atoms with Crippen molar-refractivity contribution in [2.24, 2.45) is 5.92 Å². The Morgan fingerprint density at radius 1 is 1.53 bits per heavy atom. The lowest BCUT2D eigenvalue weighted by Crippen LogP contribution is -2.31. The van der Waals surface area contributed by atoms with Crippen LogP contribution in [0.5, 0.6) is 0 Å². The second-order valence-electron chi connectivity index (χ2n) is 4.07. The van der Waals surface area contributed by atoms with Crippen LogP contribution in [-0.2, 0) is 4.79 Å². The number of amides is 1. The van der Waals surface area contributed by atoms with Gasteiger partial charge in [0, 0.05) is 32.6 Å². The van der Waals surface area contributed by atoms with Crippen LogP contribution < -0.4 is 5.32 Å². The molecule has 0 spiro atoms. The molecule has 0 aliphatic carbocycles. The van der Waals surface area contributed by atoms with E-state index in [1.54, 1.807) is 0 Å². The highest BCUT2D eigenvalue weighted by molar-refractivity contribution is 5.76. The van der Waals surface area contributed by atoms with E-state index in [-0.39, 0.29) is 11.8 Å². The maximum atomic E-state index is 11.6. The topological polar surface area (TPSA) is 56.1 Å². The minimum Gasteiger partial charge on any atom is -0.343 e. The predicted octanol–water partition coefficient (Wildman–Crippen LogP) is 0.748. The van der Waals surface area contributed by atoms with E-state index in [9.17, 15) is 4.79 Å². The SMILES string of the molecule is CC(C#N)CNCCC(=O)N1CCCC1. The zero-order valence-electron chi connectivity index (χ0n) is 9.33. The second-order valence-corrected chi connectivity index (χ2v) is 4.07. The average molecular weight is 209 g/mol. The summed E-state index contributed by atoms with van der Waals surface area (Å²) in [5.41, 5.74) is 0. The van der Waals surface area contributed by atoms with E-state index in [0.717, 1.165) is 25.9 Å². The van der Waals surface area contributed by atoms with E-state index in [1.165, 1.54) is 0 Å². The fourth-order valence-electron chi connectivity index (χ4n) is 1.68. The summed E-state index contributed by atoms with van der Waals surface area (Å²) in [6.45, 7) is 5.07. The maximum Gasteiger partial charge on any atom is 0.223 e. The summed E-state index contributed by atoms with van der Waals surface area (Å²) < 4.78 is 0. The Labute approximate surface area is 91.2 Å². The summed E-state index contributed by atoms with van der Waals surface area (Å²) in [7, 11) is 0. The van der Waals surface area contributed by atoms with Crippen molar-refractivity contribution in [2.45, 2.75) is 26.2 Å². The van der Waals surface area contributed by atoms with Crippen molar-refractivity contribution in [1.82, 2.24) is 10.2 Å². The Hall–Kier alpha value is -1.08. The molecular formula is C11H19N3O. The monoisotopic (exact) mass is 209 g/mol. The molecule has 1 rings (SSSR count). The second kappa shape index (κ2) is 6.41. The van der Waals surface area contributed by atoms with Crippen LogP contribution in [0.25, 0.3) is 0 Å². The number of carbonyl (C=O) groups is 1. The molecule has 0 aromatic rings. The molecule has 1 atom stereocenters. The molecule has 4 heteroatoms. The summed E-state index contributed by atoms with van der Waals surface area (Å²) in [4.78, 5) is 13.5. The fraction of sp³-hybridized carbons (Fsp3) is 0.818. The van der Waals surface area contributed by atoms with Crippen LogP contribution in [0.2, 0.25) is 0 Å². The number of nitrogens with zero attached hydrogens (tertiary/aromatic N) is 2. The van der Waals surface area contributed by atoms with Gasteiger partial charge < -0.3 is 10.2 Å². The molecule has 84 valence electrons. The minimum absolute atomic E-state index is 0.0203. The Bertz CT molecular complexity index is 241. The Kier molecular flexibility index (Phi) is 5.13. The third-order valence-electron chi connectivity index (χ3n) is 2.65. The van der Waals surface area contributed by atoms with E-state index in [2.05, 4.69) is 11.4 Å². The zero-order valence-corrected chi connectivity index (χ0v) is 9.33. The number of hydrogen-bond donors (Lipinski definition) is 1. The number of carbonyl (C=O) groups excluding carboxylic acids is 1. The van der Waals surface area contributed by atoms with Crippen molar-refractivity contribution in [3.05, 3.63) is 0 Å². The number of nitrogens with one attached hydrogen (secondary N) is 1. The van der Waals surface area contributed by atoms with E-state index in [1.807, 2.05) is 11.8 Å². The molecule has 0 bridgehead atoms. The fourth-order valence-corrected chi connectivity index (χ4v) is 1.68.